The summed E-state index contributed by atoms with van der Waals surface area (Å²) < 4.78 is 0. The van der Waals surface area contributed by atoms with Crippen molar-refractivity contribution in [3.8, 4) is 5.75 Å². The Hall–Kier alpha value is -0.440. The van der Waals surface area contributed by atoms with Crippen LogP contribution in [0.15, 0.2) is 12.1 Å². The zero-order valence-corrected chi connectivity index (χ0v) is 9.49. The van der Waals surface area contributed by atoms with E-state index in [1.165, 1.54) is 6.07 Å². The van der Waals surface area contributed by atoms with Crippen LogP contribution in [0.1, 0.15) is 18.9 Å². The lowest BCUT2D eigenvalue weighted by atomic mass is 10.2. The second kappa shape index (κ2) is 5.44. The molecule has 0 amide bonds. The van der Waals surface area contributed by atoms with Crippen LogP contribution in [0.25, 0.3) is 0 Å². The normalized spacial score (nSPS) is 10.5. The maximum atomic E-state index is 9.59. The number of phenolic OH excluding ortho intramolecular Hbond substituents is 1. The molecule has 0 unspecified atom stereocenters. The van der Waals surface area contributed by atoms with Crippen molar-refractivity contribution in [2.75, 3.05) is 6.54 Å². The molecule has 2 N–H and O–H groups in total. The third-order valence-electron chi connectivity index (χ3n) is 1.85. The Kier molecular flexibility index (Phi) is 4.52. The Morgan fingerprint density at radius 1 is 1.36 bits per heavy atom. The molecule has 0 heterocycles. The third kappa shape index (κ3) is 3.05. The predicted octanol–water partition coefficient (Wildman–Crippen LogP) is 3.20. The van der Waals surface area contributed by atoms with Gasteiger partial charge in [0.1, 0.15) is 5.75 Å². The van der Waals surface area contributed by atoms with Crippen LogP contribution < -0.4 is 5.32 Å². The van der Waals surface area contributed by atoms with Crippen molar-refractivity contribution in [2.24, 2.45) is 0 Å². The minimum atomic E-state index is 0.111. The second-order valence-electron chi connectivity index (χ2n) is 3.07. The maximum Gasteiger partial charge on any atom is 0.138 e. The fraction of sp³-hybridized carbons (Fsp3) is 0.400. The first-order chi connectivity index (χ1) is 6.65. The fourth-order valence-electron chi connectivity index (χ4n) is 1.15. The minimum absolute atomic E-state index is 0.111. The predicted molar refractivity (Wildman–Crippen MR) is 60.1 cm³/mol. The summed E-state index contributed by atoms with van der Waals surface area (Å²) in [6.45, 7) is 3.57. The van der Waals surface area contributed by atoms with Crippen LogP contribution in [-0.2, 0) is 6.54 Å². The van der Waals surface area contributed by atoms with Gasteiger partial charge in [-0.3, -0.25) is 0 Å². The molecule has 0 bridgehead atoms. The Balaban J connectivity index is 2.75. The molecule has 0 spiro atoms. The first kappa shape index (κ1) is 11.6. The number of rotatable bonds is 4. The van der Waals surface area contributed by atoms with E-state index in [0.29, 0.717) is 16.6 Å². The number of phenols is 1. The largest absolute Gasteiger partial charge is 0.506 e. The molecule has 0 aliphatic rings. The van der Waals surface area contributed by atoms with Gasteiger partial charge in [0.2, 0.25) is 0 Å². The quantitative estimate of drug-likeness (QED) is 0.784. The first-order valence-corrected chi connectivity index (χ1v) is 5.28. The molecule has 78 valence electrons. The van der Waals surface area contributed by atoms with E-state index in [0.717, 1.165) is 18.5 Å². The lowest BCUT2D eigenvalue weighted by Gasteiger charge is -2.07. The Labute approximate surface area is 93.8 Å². The zero-order valence-electron chi connectivity index (χ0n) is 7.98. The van der Waals surface area contributed by atoms with Gasteiger partial charge in [-0.15, -0.1) is 0 Å². The molecule has 0 aromatic heterocycles. The average molecular weight is 234 g/mol. The van der Waals surface area contributed by atoms with Gasteiger partial charge >= 0.3 is 0 Å². The number of hydrogen-bond donors (Lipinski definition) is 2. The van der Waals surface area contributed by atoms with Crippen LogP contribution in [0.3, 0.4) is 0 Å². The van der Waals surface area contributed by atoms with Gasteiger partial charge in [0.25, 0.3) is 0 Å². The molecular weight excluding hydrogens is 221 g/mol. The molecule has 0 radical (unpaired) electrons. The van der Waals surface area contributed by atoms with Gasteiger partial charge in [-0.25, -0.2) is 0 Å². The summed E-state index contributed by atoms with van der Waals surface area (Å²) in [6, 6.07) is 3.24. The van der Waals surface area contributed by atoms with Gasteiger partial charge in [-0.05, 0) is 25.1 Å². The summed E-state index contributed by atoms with van der Waals surface area (Å²) in [5.41, 5.74) is 0.732. The van der Waals surface area contributed by atoms with Crippen molar-refractivity contribution < 1.29 is 5.11 Å². The molecule has 1 aromatic carbocycles. The van der Waals surface area contributed by atoms with Crippen LogP contribution in [0, 0.1) is 0 Å². The Morgan fingerprint density at radius 2 is 2.07 bits per heavy atom. The minimum Gasteiger partial charge on any atom is -0.506 e. The highest BCUT2D eigenvalue weighted by atomic mass is 35.5. The highest BCUT2D eigenvalue weighted by Gasteiger charge is 2.06. The number of nitrogens with one attached hydrogen (secondary N) is 1. The van der Waals surface area contributed by atoms with E-state index in [1.54, 1.807) is 6.07 Å². The van der Waals surface area contributed by atoms with Crippen molar-refractivity contribution in [3.05, 3.63) is 27.7 Å². The van der Waals surface area contributed by atoms with Gasteiger partial charge in [0.15, 0.2) is 0 Å². The van der Waals surface area contributed by atoms with Crippen molar-refractivity contribution in [1.82, 2.24) is 5.32 Å². The topological polar surface area (TPSA) is 32.3 Å². The number of hydrogen-bond acceptors (Lipinski definition) is 2. The van der Waals surface area contributed by atoms with Gasteiger partial charge in [0, 0.05) is 17.1 Å². The Bertz CT molecular complexity index is 315. The van der Waals surface area contributed by atoms with Crippen LogP contribution in [0.4, 0.5) is 0 Å². The molecule has 0 aliphatic heterocycles. The molecule has 14 heavy (non-hydrogen) atoms. The summed E-state index contributed by atoms with van der Waals surface area (Å²) in [5, 5.41) is 13.6. The van der Waals surface area contributed by atoms with Crippen LogP contribution in [0.2, 0.25) is 10.0 Å². The van der Waals surface area contributed by atoms with E-state index < -0.39 is 0 Å². The fourth-order valence-corrected chi connectivity index (χ4v) is 1.69. The molecule has 2 nitrogen and oxygen atoms in total. The monoisotopic (exact) mass is 233 g/mol. The number of benzene rings is 1. The highest BCUT2D eigenvalue weighted by Crippen LogP contribution is 2.30. The van der Waals surface area contributed by atoms with Crippen LogP contribution >= 0.6 is 23.2 Å². The molecule has 0 saturated carbocycles. The summed E-state index contributed by atoms with van der Waals surface area (Å²) in [6.07, 6.45) is 1.05. The first-order valence-electron chi connectivity index (χ1n) is 4.52. The van der Waals surface area contributed by atoms with Crippen molar-refractivity contribution in [2.45, 2.75) is 19.9 Å². The summed E-state index contributed by atoms with van der Waals surface area (Å²) in [4.78, 5) is 0. The number of aromatic hydroxyl groups is 1. The van der Waals surface area contributed by atoms with Crippen LogP contribution in [0.5, 0.6) is 5.75 Å². The lowest BCUT2D eigenvalue weighted by molar-refractivity contribution is 0.465. The van der Waals surface area contributed by atoms with Gasteiger partial charge in [0.05, 0.1) is 5.02 Å². The lowest BCUT2D eigenvalue weighted by Crippen LogP contribution is -2.13. The molecule has 0 aliphatic carbocycles. The van der Waals surface area contributed by atoms with Gasteiger partial charge in [-0.2, -0.15) is 0 Å². The average Bonchev–Trinajstić information content (AvgIpc) is 2.13. The standard InChI is InChI=1S/C10H13Cl2NO/c1-2-3-13-6-7-4-8(11)5-9(12)10(7)14/h4-5,13-14H,2-3,6H2,1H3. The van der Waals surface area contributed by atoms with E-state index in [4.69, 9.17) is 23.2 Å². The van der Waals surface area contributed by atoms with E-state index in [-0.39, 0.29) is 5.75 Å². The summed E-state index contributed by atoms with van der Waals surface area (Å²) in [7, 11) is 0. The summed E-state index contributed by atoms with van der Waals surface area (Å²) >= 11 is 11.6. The van der Waals surface area contributed by atoms with E-state index in [1.807, 2.05) is 0 Å². The van der Waals surface area contributed by atoms with E-state index in [9.17, 15) is 5.11 Å². The molecule has 1 rings (SSSR count). The SMILES string of the molecule is CCCNCc1cc(Cl)cc(Cl)c1O. The second-order valence-corrected chi connectivity index (χ2v) is 3.92. The van der Waals surface area contributed by atoms with Crippen molar-refractivity contribution >= 4 is 23.2 Å². The third-order valence-corrected chi connectivity index (χ3v) is 2.36. The Morgan fingerprint density at radius 3 is 2.71 bits per heavy atom. The summed E-state index contributed by atoms with van der Waals surface area (Å²) in [5.74, 6) is 0.111. The van der Waals surface area contributed by atoms with E-state index >= 15 is 0 Å². The zero-order chi connectivity index (χ0) is 10.6. The van der Waals surface area contributed by atoms with Gasteiger partial charge < -0.3 is 10.4 Å². The highest BCUT2D eigenvalue weighted by molar-refractivity contribution is 6.35. The van der Waals surface area contributed by atoms with Gasteiger partial charge in [-0.1, -0.05) is 30.1 Å². The molecule has 4 heteroatoms. The molecule has 0 atom stereocenters. The van der Waals surface area contributed by atoms with Crippen LogP contribution in [-0.4, -0.2) is 11.7 Å². The molecular formula is C10H13Cl2NO. The molecule has 0 fully saturated rings. The molecule has 1 aromatic rings. The van der Waals surface area contributed by atoms with Crippen molar-refractivity contribution in [1.29, 1.82) is 0 Å². The molecule has 0 saturated heterocycles. The van der Waals surface area contributed by atoms with Crippen molar-refractivity contribution in [3.63, 3.8) is 0 Å². The van der Waals surface area contributed by atoms with E-state index in [2.05, 4.69) is 12.2 Å². The smallest absolute Gasteiger partial charge is 0.138 e. The number of halogens is 2. The maximum absolute atomic E-state index is 9.59.